The van der Waals surface area contributed by atoms with Gasteiger partial charge in [-0.25, -0.2) is 9.37 Å². The fourth-order valence-electron chi connectivity index (χ4n) is 1.57. The molecular weight excluding hydrogens is 209 g/mol. The molecule has 1 amide bonds. The SMILES string of the molecule is CC(Cn1cnc2cc(F)ccc21)C(N)=O. The van der Waals surface area contributed by atoms with E-state index >= 15 is 0 Å². The highest BCUT2D eigenvalue weighted by Gasteiger charge is 2.11. The van der Waals surface area contributed by atoms with Crippen molar-refractivity contribution in [3.8, 4) is 0 Å². The van der Waals surface area contributed by atoms with E-state index in [0.717, 1.165) is 5.52 Å². The van der Waals surface area contributed by atoms with Crippen molar-refractivity contribution in [2.24, 2.45) is 11.7 Å². The van der Waals surface area contributed by atoms with Crippen LogP contribution in [0, 0.1) is 11.7 Å². The lowest BCUT2D eigenvalue weighted by Crippen LogP contribution is -2.24. The van der Waals surface area contributed by atoms with Crippen LogP contribution in [0.4, 0.5) is 4.39 Å². The summed E-state index contributed by atoms with van der Waals surface area (Å²) in [5, 5.41) is 0. The number of primary amides is 1. The van der Waals surface area contributed by atoms with Crippen molar-refractivity contribution in [3.63, 3.8) is 0 Å². The maximum atomic E-state index is 12.9. The van der Waals surface area contributed by atoms with Gasteiger partial charge in [-0.15, -0.1) is 0 Å². The molecule has 0 bridgehead atoms. The van der Waals surface area contributed by atoms with E-state index in [1.165, 1.54) is 12.1 Å². The number of hydrogen-bond acceptors (Lipinski definition) is 2. The second-order valence-corrected chi connectivity index (χ2v) is 3.83. The molecule has 4 nitrogen and oxygen atoms in total. The summed E-state index contributed by atoms with van der Waals surface area (Å²) in [5.41, 5.74) is 6.57. The van der Waals surface area contributed by atoms with Crippen molar-refractivity contribution < 1.29 is 9.18 Å². The van der Waals surface area contributed by atoms with E-state index in [-0.39, 0.29) is 17.6 Å². The molecule has 2 rings (SSSR count). The minimum absolute atomic E-state index is 0.276. The monoisotopic (exact) mass is 221 g/mol. The Bertz CT molecular complexity index is 535. The zero-order valence-electron chi connectivity index (χ0n) is 8.85. The Morgan fingerprint density at radius 2 is 2.38 bits per heavy atom. The highest BCUT2D eigenvalue weighted by atomic mass is 19.1. The fraction of sp³-hybridized carbons (Fsp3) is 0.273. The van der Waals surface area contributed by atoms with E-state index in [9.17, 15) is 9.18 Å². The average Bonchev–Trinajstić information content (AvgIpc) is 2.60. The number of imidazole rings is 1. The number of nitrogens with zero attached hydrogens (tertiary/aromatic N) is 2. The number of nitrogens with two attached hydrogens (primary N) is 1. The predicted octanol–water partition coefficient (Wildman–Crippen LogP) is 1.30. The molecule has 1 atom stereocenters. The number of amides is 1. The van der Waals surface area contributed by atoms with Gasteiger partial charge in [0.2, 0.25) is 5.91 Å². The standard InChI is InChI=1S/C11H12FN3O/c1-7(11(13)16)5-15-6-14-9-4-8(12)2-3-10(9)15/h2-4,6-7H,5H2,1H3,(H2,13,16). The van der Waals surface area contributed by atoms with Gasteiger partial charge >= 0.3 is 0 Å². The summed E-state index contributed by atoms with van der Waals surface area (Å²) in [6.07, 6.45) is 1.59. The van der Waals surface area contributed by atoms with Crippen molar-refractivity contribution >= 4 is 16.9 Å². The second-order valence-electron chi connectivity index (χ2n) is 3.83. The van der Waals surface area contributed by atoms with Crippen LogP contribution in [-0.2, 0) is 11.3 Å². The fourth-order valence-corrected chi connectivity index (χ4v) is 1.57. The van der Waals surface area contributed by atoms with E-state index in [1.807, 2.05) is 0 Å². The Morgan fingerprint density at radius 3 is 3.06 bits per heavy atom. The lowest BCUT2D eigenvalue weighted by atomic mass is 10.1. The van der Waals surface area contributed by atoms with E-state index in [0.29, 0.717) is 12.1 Å². The summed E-state index contributed by atoms with van der Waals surface area (Å²) in [4.78, 5) is 15.0. The largest absolute Gasteiger partial charge is 0.369 e. The quantitative estimate of drug-likeness (QED) is 0.849. The van der Waals surface area contributed by atoms with Gasteiger partial charge in [0, 0.05) is 12.6 Å². The molecule has 2 N–H and O–H groups in total. The van der Waals surface area contributed by atoms with Crippen LogP contribution in [0.3, 0.4) is 0 Å². The summed E-state index contributed by atoms with van der Waals surface area (Å²) >= 11 is 0. The molecule has 84 valence electrons. The molecule has 0 radical (unpaired) electrons. The lowest BCUT2D eigenvalue weighted by molar-refractivity contribution is -0.121. The van der Waals surface area contributed by atoms with E-state index in [2.05, 4.69) is 4.98 Å². The third-order valence-corrected chi connectivity index (χ3v) is 2.54. The van der Waals surface area contributed by atoms with Crippen LogP contribution in [0.25, 0.3) is 11.0 Å². The van der Waals surface area contributed by atoms with Crippen LogP contribution < -0.4 is 5.73 Å². The van der Waals surface area contributed by atoms with Gasteiger partial charge in [-0.3, -0.25) is 4.79 Å². The number of rotatable bonds is 3. The number of carbonyl (C=O) groups excluding carboxylic acids is 1. The minimum Gasteiger partial charge on any atom is -0.369 e. The Morgan fingerprint density at radius 1 is 1.62 bits per heavy atom. The minimum atomic E-state index is -0.357. The first-order valence-corrected chi connectivity index (χ1v) is 4.97. The topological polar surface area (TPSA) is 60.9 Å². The first kappa shape index (κ1) is 10.6. The number of halogens is 1. The second kappa shape index (κ2) is 3.92. The molecule has 16 heavy (non-hydrogen) atoms. The molecule has 0 fully saturated rings. The molecule has 1 heterocycles. The van der Waals surface area contributed by atoms with Gasteiger partial charge in [0.15, 0.2) is 0 Å². The molecule has 0 aliphatic rings. The molecule has 0 spiro atoms. The molecule has 1 aromatic heterocycles. The van der Waals surface area contributed by atoms with Crippen molar-refractivity contribution in [1.29, 1.82) is 0 Å². The highest BCUT2D eigenvalue weighted by molar-refractivity contribution is 5.77. The van der Waals surface area contributed by atoms with E-state index in [1.54, 1.807) is 23.9 Å². The maximum Gasteiger partial charge on any atom is 0.222 e. The number of benzene rings is 1. The number of fused-ring (bicyclic) bond motifs is 1. The summed E-state index contributed by atoms with van der Waals surface area (Å²) in [6, 6.07) is 4.38. The molecule has 0 saturated carbocycles. The van der Waals surface area contributed by atoms with Crippen LogP contribution in [0.2, 0.25) is 0 Å². The Labute approximate surface area is 91.9 Å². The summed E-state index contributed by atoms with van der Waals surface area (Å²) in [6.45, 7) is 2.20. The van der Waals surface area contributed by atoms with Gasteiger partial charge < -0.3 is 10.3 Å². The van der Waals surface area contributed by atoms with E-state index < -0.39 is 0 Å². The zero-order valence-corrected chi connectivity index (χ0v) is 8.85. The third-order valence-electron chi connectivity index (χ3n) is 2.54. The molecule has 0 aliphatic heterocycles. The number of carbonyl (C=O) groups is 1. The van der Waals surface area contributed by atoms with Crippen LogP contribution in [0.5, 0.6) is 0 Å². The number of aromatic nitrogens is 2. The highest BCUT2D eigenvalue weighted by Crippen LogP contribution is 2.15. The predicted molar refractivity (Wildman–Crippen MR) is 58.0 cm³/mol. The van der Waals surface area contributed by atoms with Gasteiger partial charge in [0.1, 0.15) is 5.82 Å². The zero-order chi connectivity index (χ0) is 11.7. The Balaban J connectivity index is 2.35. The van der Waals surface area contributed by atoms with Gasteiger partial charge in [-0.1, -0.05) is 6.92 Å². The summed E-state index contributed by atoms with van der Waals surface area (Å²) in [5.74, 6) is -0.952. The van der Waals surface area contributed by atoms with Crippen molar-refractivity contribution in [2.45, 2.75) is 13.5 Å². The van der Waals surface area contributed by atoms with Gasteiger partial charge in [0.25, 0.3) is 0 Å². The molecule has 1 aromatic carbocycles. The third kappa shape index (κ3) is 1.88. The van der Waals surface area contributed by atoms with Crippen molar-refractivity contribution in [3.05, 3.63) is 30.3 Å². The first-order valence-electron chi connectivity index (χ1n) is 4.97. The maximum absolute atomic E-state index is 12.9. The van der Waals surface area contributed by atoms with Crippen LogP contribution in [0.1, 0.15) is 6.92 Å². The van der Waals surface area contributed by atoms with Crippen molar-refractivity contribution in [2.75, 3.05) is 0 Å². The smallest absolute Gasteiger partial charge is 0.222 e. The lowest BCUT2D eigenvalue weighted by Gasteiger charge is -2.08. The van der Waals surface area contributed by atoms with Gasteiger partial charge in [-0.05, 0) is 12.1 Å². The molecule has 5 heteroatoms. The van der Waals surface area contributed by atoms with Crippen LogP contribution in [-0.4, -0.2) is 15.5 Å². The Kier molecular flexibility index (Phi) is 2.60. The molecular formula is C11H12FN3O. The molecule has 0 aliphatic carbocycles. The van der Waals surface area contributed by atoms with Crippen LogP contribution in [0.15, 0.2) is 24.5 Å². The summed E-state index contributed by atoms with van der Waals surface area (Å²) in [7, 11) is 0. The molecule has 0 saturated heterocycles. The summed E-state index contributed by atoms with van der Waals surface area (Å²) < 4.78 is 14.7. The molecule has 2 aromatic rings. The normalized spacial score (nSPS) is 12.9. The number of hydrogen-bond donors (Lipinski definition) is 1. The van der Waals surface area contributed by atoms with E-state index in [4.69, 9.17) is 5.73 Å². The molecule has 1 unspecified atom stereocenters. The Hall–Kier alpha value is -1.91. The van der Waals surface area contributed by atoms with Gasteiger partial charge in [-0.2, -0.15) is 0 Å². The first-order chi connectivity index (χ1) is 7.58. The van der Waals surface area contributed by atoms with Crippen molar-refractivity contribution in [1.82, 2.24) is 9.55 Å². The van der Waals surface area contributed by atoms with Crippen LogP contribution >= 0.6 is 0 Å². The van der Waals surface area contributed by atoms with Gasteiger partial charge in [0.05, 0.1) is 23.3 Å². The average molecular weight is 221 g/mol.